The van der Waals surface area contributed by atoms with Crippen molar-refractivity contribution >= 4 is 11.6 Å². The standard InChI is InChI=1S/C13H20ClN3/c1-15-8-11-3-2-6-17(9-11)10-13-7-12(14)4-5-16-13/h4-5,7,11,15H,2-3,6,8-10H2,1H3. The average molecular weight is 254 g/mol. The molecule has 0 aliphatic carbocycles. The van der Waals surface area contributed by atoms with E-state index in [0.29, 0.717) is 0 Å². The molecule has 17 heavy (non-hydrogen) atoms. The summed E-state index contributed by atoms with van der Waals surface area (Å²) < 4.78 is 0. The third-order valence-electron chi connectivity index (χ3n) is 3.26. The van der Waals surface area contributed by atoms with Crippen molar-refractivity contribution in [1.82, 2.24) is 15.2 Å². The maximum Gasteiger partial charge on any atom is 0.0558 e. The van der Waals surface area contributed by atoms with Crippen LogP contribution in [0.5, 0.6) is 0 Å². The number of likely N-dealkylation sites (tertiary alicyclic amines) is 1. The van der Waals surface area contributed by atoms with Gasteiger partial charge in [-0.3, -0.25) is 9.88 Å². The molecule has 1 aliphatic rings. The maximum absolute atomic E-state index is 5.97. The highest BCUT2D eigenvalue weighted by Gasteiger charge is 2.19. The van der Waals surface area contributed by atoms with Crippen molar-refractivity contribution in [2.45, 2.75) is 19.4 Å². The number of nitrogens with zero attached hydrogens (tertiary/aromatic N) is 2. The summed E-state index contributed by atoms with van der Waals surface area (Å²) in [5, 5.41) is 4.04. The van der Waals surface area contributed by atoms with Crippen LogP contribution in [0.1, 0.15) is 18.5 Å². The summed E-state index contributed by atoms with van der Waals surface area (Å²) in [6, 6.07) is 3.79. The van der Waals surface area contributed by atoms with Gasteiger partial charge in [0.1, 0.15) is 0 Å². The third kappa shape index (κ3) is 3.95. The molecule has 0 spiro atoms. The van der Waals surface area contributed by atoms with Crippen LogP contribution < -0.4 is 5.32 Å². The van der Waals surface area contributed by atoms with Gasteiger partial charge in [-0.05, 0) is 51.0 Å². The quantitative estimate of drug-likeness (QED) is 0.892. The zero-order chi connectivity index (χ0) is 12.1. The minimum Gasteiger partial charge on any atom is -0.319 e. The fourth-order valence-corrected chi connectivity index (χ4v) is 2.70. The molecule has 0 radical (unpaired) electrons. The highest BCUT2D eigenvalue weighted by Crippen LogP contribution is 2.18. The van der Waals surface area contributed by atoms with E-state index in [9.17, 15) is 0 Å². The lowest BCUT2D eigenvalue weighted by molar-refractivity contribution is 0.165. The summed E-state index contributed by atoms with van der Waals surface area (Å²) in [6.07, 6.45) is 4.40. The normalized spacial score (nSPS) is 21.6. The van der Waals surface area contributed by atoms with Gasteiger partial charge in [-0.25, -0.2) is 0 Å². The van der Waals surface area contributed by atoms with Gasteiger partial charge in [0.05, 0.1) is 5.69 Å². The molecule has 4 heteroatoms. The molecule has 2 rings (SSSR count). The molecular formula is C13H20ClN3. The van der Waals surface area contributed by atoms with E-state index in [-0.39, 0.29) is 0 Å². The molecule has 2 heterocycles. The molecule has 1 N–H and O–H groups in total. The van der Waals surface area contributed by atoms with Crippen LogP contribution in [-0.2, 0) is 6.54 Å². The van der Waals surface area contributed by atoms with Gasteiger partial charge in [0.15, 0.2) is 0 Å². The largest absolute Gasteiger partial charge is 0.319 e. The monoisotopic (exact) mass is 253 g/mol. The second kappa shape index (κ2) is 6.34. The lowest BCUT2D eigenvalue weighted by atomic mass is 9.98. The Morgan fingerprint density at radius 3 is 3.24 bits per heavy atom. The Kier molecular flexibility index (Phi) is 4.77. The van der Waals surface area contributed by atoms with Crippen molar-refractivity contribution in [3.8, 4) is 0 Å². The second-order valence-corrected chi connectivity index (χ2v) is 5.20. The fourth-order valence-electron chi connectivity index (χ4n) is 2.51. The van der Waals surface area contributed by atoms with Crippen LogP contribution in [-0.4, -0.2) is 36.6 Å². The first-order valence-electron chi connectivity index (χ1n) is 6.25. The topological polar surface area (TPSA) is 28.2 Å². The number of nitrogens with one attached hydrogen (secondary N) is 1. The number of halogens is 1. The van der Waals surface area contributed by atoms with E-state index in [0.717, 1.165) is 36.3 Å². The summed E-state index contributed by atoms with van der Waals surface area (Å²) in [7, 11) is 2.03. The van der Waals surface area contributed by atoms with E-state index < -0.39 is 0 Å². The minimum absolute atomic E-state index is 0.771. The molecule has 1 aromatic rings. The van der Waals surface area contributed by atoms with Crippen LogP contribution >= 0.6 is 11.6 Å². The van der Waals surface area contributed by atoms with Gasteiger partial charge in [-0.2, -0.15) is 0 Å². The average Bonchev–Trinajstić information content (AvgIpc) is 2.30. The van der Waals surface area contributed by atoms with E-state index >= 15 is 0 Å². The predicted octanol–water partition coefficient (Wildman–Crippen LogP) is 2.17. The molecule has 1 unspecified atom stereocenters. The number of rotatable bonds is 4. The van der Waals surface area contributed by atoms with E-state index in [1.807, 2.05) is 19.2 Å². The SMILES string of the molecule is CNCC1CCCN(Cc2cc(Cl)ccn2)C1. The molecule has 0 amide bonds. The number of pyridine rings is 1. The first kappa shape index (κ1) is 12.8. The van der Waals surface area contributed by atoms with Gasteiger partial charge in [0, 0.05) is 24.3 Å². The Balaban J connectivity index is 1.90. The lowest BCUT2D eigenvalue weighted by Gasteiger charge is -2.32. The Hall–Kier alpha value is -0.640. The zero-order valence-corrected chi connectivity index (χ0v) is 11.1. The molecule has 94 valence electrons. The number of piperidine rings is 1. The molecular weight excluding hydrogens is 234 g/mol. The number of hydrogen-bond donors (Lipinski definition) is 1. The molecule has 0 aromatic carbocycles. The minimum atomic E-state index is 0.771. The Morgan fingerprint density at radius 1 is 1.59 bits per heavy atom. The predicted molar refractivity (Wildman–Crippen MR) is 71.2 cm³/mol. The van der Waals surface area contributed by atoms with Gasteiger partial charge in [0.2, 0.25) is 0 Å². The van der Waals surface area contributed by atoms with Crippen LogP contribution in [0.3, 0.4) is 0 Å². The highest BCUT2D eigenvalue weighted by molar-refractivity contribution is 6.30. The lowest BCUT2D eigenvalue weighted by Crippen LogP contribution is -2.38. The van der Waals surface area contributed by atoms with Crippen LogP contribution in [0.15, 0.2) is 18.3 Å². The summed E-state index contributed by atoms with van der Waals surface area (Å²) in [6.45, 7) is 4.36. The first-order valence-corrected chi connectivity index (χ1v) is 6.63. The first-order chi connectivity index (χ1) is 8.28. The van der Waals surface area contributed by atoms with E-state index in [1.54, 1.807) is 6.20 Å². The Labute approximate surface area is 108 Å². The Bertz CT molecular complexity index is 354. The number of hydrogen-bond acceptors (Lipinski definition) is 3. The molecule has 1 fully saturated rings. The Morgan fingerprint density at radius 2 is 2.47 bits per heavy atom. The summed E-state index contributed by atoms with van der Waals surface area (Å²) >= 11 is 5.97. The van der Waals surface area contributed by atoms with Crippen molar-refractivity contribution in [2.75, 3.05) is 26.7 Å². The highest BCUT2D eigenvalue weighted by atomic mass is 35.5. The van der Waals surface area contributed by atoms with E-state index in [4.69, 9.17) is 11.6 Å². The van der Waals surface area contributed by atoms with Gasteiger partial charge < -0.3 is 5.32 Å². The van der Waals surface area contributed by atoms with Crippen LogP contribution in [0.2, 0.25) is 5.02 Å². The zero-order valence-electron chi connectivity index (χ0n) is 10.3. The van der Waals surface area contributed by atoms with Crippen molar-refractivity contribution < 1.29 is 0 Å². The van der Waals surface area contributed by atoms with Crippen molar-refractivity contribution in [3.05, 3.63) is 29.0 Å². The summed E-state index contributed by atoms with van der Waals surface area (Å²) in [5.41, 5.74) is 1.07. The number of aromatic nitrogens is 1. The fraction of sp³-hybridized carbons (Fsp3) is 0.615. The molecule has 1 aromatic heterocycles. The second-order valence-electron chi connectivity index (χ2n) is 4.77. The molecule has 1 aliphatic heterocycles. The molecule has 0 bridgehead atoms. The van der Waals surface area contributed by atoms with Crippen molar-refractivity contribution in [1.29, 1.82) is 0 Å². The summed E-state index contributed by atoms with van der Waals surface area (Å²) in [4.78, 5) is 6.84. The van der Waals surface area contributed by atoms with Gasteiger partial charge in [0.25, 0.3) is 0 Å². The van der Waals surface area contributed by atoms with E-state index in [1.165, 1.54) is 19.4 Å². The van der Waals surface area contributed by atoms with Gasteiger partial charge in [-0.15, -0.1) is 0 Å². The van der Waals surface area contributed by atoms with Gasteiger partial charge in [-0.1, -0.05) is 11.6 Å². The van der Waals surface area contributed by atoms with Crippen molar-refractivity contribution in [3.63, 3.8) is 0 Å². The van der Waals surface area contributed by atoms with Gasteiger partial charge >= 0.3 is 0 Å². The molecule has 1 atom stereocenters. The van der Waals surface area contributed by atoms with Crippen LogP contribution in [0, 0.1) is 5.92 Å². The smallest absolute Gasteiger partial charge is 0.0558 e. The molecule has 1 saturated heterocycles. The summed E-state index contributed by atoms with van der Waals surface area (Å²) in [5.74, 6) is 0.771. The van der Waals surface area contributed by atoms with Crippen LogP contribution in [0.4, 0.5) is 0 Å². The molecule has 3 nitrogen and oxygen atoms in total. The van der Waals surface area contributed by atoms with E-state index in [2.05, 4.69) is 15.2 Å². The third-order valence-corrected chi connectivity index (χ3v) is 3.50. The van der Waals surface area contributed by atoms with Crippen molar-refractivity contribution in [2.24, 2.45) is 5.92 Å². The molecule has 0 saturated carbocycles. The maximum atomic E-state index is 5.97. The van der Waals surface area contributed by atoms with Crippen LogP contribution in [0.25, 0.3) is 0 Å².